The van der Waals surface area contributed by atoms with E-state index in [2.05, 4.69) is 25.6 Å². The van der Waals surface area contributed by atoms with Gasteiger partial charge in [0.2, 0.25) is 5.91 Å². The SMILES string of the molecule is O=C(NCCOc1cccc2ncnc(Nc3ccc(OCc4cscn4)c(Cl)c3)c12)C(O)CCO. The van der Waals surface area contributed by atoms with Gasteiger partial charge in [-0.1, -0.05) is 17.7 Å². The molecule has 36 heavy (non-hydrogen) atoms. The minimum absolute atomic E-state index is 0.0225. The number of nitrogens with zero attached hydrogens (tertiary/aromatic N) is 3. The molecule has 12 heteroatoms. The molecule has 0 bridgehead atoms. The molecule has 1 atom stereocenters. The monoisotopic (exact) mass is 529 g/mol. The van der Waals surface area contributed by atoms with Gasteiger partial charge in [-0.2, -0.15) is 0 Å². The summed E-state index contributed by atoms with van der Waals surface area (Å²) in [6, 6.07) is 10.8. The molecule has 0 aliphatic carbocycles. The molecule has 0 saturated carbocycles. The summed E-state index contributed by atoms with van der Waals surface area (Å²) < 4.78 is 11.6. The fourth-order valence-corrected chi connectivity index (χ4v) is 4.07. The van der Waals surface area contributed by atoms with E-state index in [-0.39, 0.29) is 26.2 Å². The summed E-state index contributed by atoms with van der Waals surface area (Å²) in [6.07, 6.45) is 0.169. The number of hydrogen-bond donors (Lipinski definition) is 4. The third-order valence-corrected chi connectivity index (χ3v) is 5.97. The Kier molecular flexibility index (Phi) is 8.85. The number of rotatable bonds is 12. The van der Waals surface area contributed by atoms with Crippen molar-refractivity contribution in [3.05, 3.63) is 64.3 Å². The lowest BCUT2D eigenvalue weighted by Gasteiger charge is -2.15. The lowest BCUT2D eigenvalue weighted by molar-refractivity contribution is -0.130. The van der Waals surface area contributed by atoms with Gasteiger partial charge < -0.3 is 30.3 Å². The van der Waals surface area contributed by atoms with E-state index in [0.29, 0.717) is 45.5 Å². The Morgan fingerprint density at radius 2 is 2.03 bits per heavy atom. The highest BCUT2D eigenvalue weighted by atomic mass is 35.5. The molecular formula is C24H24ClN5O5S. The van der Waals surface area contributed by atoms with E-state index in [1.807, 2.05) is 23.6 Å². The number of anilines is 2. The van der Waals surface area contributed by atoms with Crippen molar-refractivity contribution in [1.82, 2.24) is 20.3 Å². The molecule has 2 heterocycles. The molecule has 2 aromatic carbocycles. The van der Waals surface area contributed by atoms with Crippen molar-refractivity contribution in [3.63, 3.8) is 0 Å². The highest BCUT2D eigenvalue weighted by Gasteiger charge is 2.14. The van der Waals surface area contributed by atoms with Crippen molar-refractivity contribution < 1.29 is 24.5 Å². The number of benzene rings is 2. The minimum atomic E-state index is -1.26. The number of nitrogens with one attached hydrogen (secondary N) is 2. The first-order valence-electron chi connectivity index (χ1n) is 11.0. The standard InChI is InChI=1S/C24H24ClN5O5S/c25-17-10-15(4-5-20(17)35-11-16-12-36-14-29-16)30-23-22-18(27-13-28-23)2-1-3-21(22)34-9-7-26-24(33)19(32)6-8-31/h1-5,10,12-14,19,31-32H,6-9,11H2,(H,26,33)(H,27,28,30). The lowest BCUT2D eigenvalue weighted by Crippen LogP contribution is -2.37. The summed E-state index contributed by atoms with van der Waals surface area (Å²) in [6.45, 7) is 0.381. The van der Waals surface area contributed by atoms with Crippen LogP contribution in [0, 0.1) is 0 Å². The Morgan fingerprint density at radius 3 is 2.81 bits per heavy atom. The van der Waals surface area contributed by atoms with E-state index in [1.165, 1.54) is 17.7 Å². The average Bonchev–Trinajstić information content (AvgIpc) is 3.40. The third kappa shape index (κ3) is 6.58. The summed E-state index contributed by atoms with van der Waals surface area (Å²) in [7, 11) is 0. The van der Waals surface area contributed by atoms with E-state index < -0.39 is 12.0 Å². The minimum Gasteiger partial charge on any atom is -0.491 e. The van der Waals surface area contributed by atoms with Crippen molar-refractivity contribution in [2.45, 2.75) is 19.1 Å². The van der Waals surface area contributed by atoms with Crippen LogP contribution >= 0.6 is 22.9 Å². The molecule has 0 radical (unpaired) electrons. The molecule has 0 saturated heterocycles. The molecule has 0 spiro atoms. The highest BCUT2D eigenvalue weighted by Crippen LogP contribution is 2.34. The first kappa shape index (κ1) is 25.6. The average molecular weight is 530 g/mol. The van der Waals surface area contributed by atoms with Crippen LogP contribution in [-0.4, -0.2) is 56.9 Å². The largest absolute Gasteiger partial charge is 0.491 e. The highest BCUT2D eigenvalue weighted by molar-refractivity contribution is 7.07. The van der Waals surface area contributed by atoms with Crippen LogP contribution in [0.4, 0.5) is 11.5 Å². The summed E-state index contributed by atoms with van der Waals surface area (Å²) in [5.41, 5.74) is 3.94. The number of halogens is 1. The van der Waals surface area contributed by atoms with E-state index in [9.17, 15) is 9.90 Å². The van der Waals surface area contributed by atoms with Gasteiger partial charge in [0.05, 0.1) is 33.7 Å². The third-order valence-electron chi connectivity index (χ3n) is 5.04. The molecule has 4 N–H and O–H groups in total. The van der Waals surface area contributed by atoms with E-state index >= 15 is 0 Å². The summed E-state index contributed by atoms with van der Waals surface area (Å²) in [5, 5.41) is 27.3. The van der Waals surface area contributed by atoms with Gasteiger partial charge in [-0.25, -0.2) is 15.0 Å². The number of aliphatic hydroxyl groups is 2. The quantitative estimate of drug-likeness (QED) is 0.203. The van der Waals surface area contributed by atoms with Gasteiger partial charge in [-0.15, -0.1) is 11.3 Å². The van der Waals surface area contributed by atoms with E-state index in [0.717, 1.165) is 5.69 Å². The Balaban J connectivity index is 1.44. The van der Waals surface area contributed by atoms with Crippen LogP contribution in [0.2, 0.25) is 5.02 Å². The van der Waals surface area contributed by atoms with Crippen LogP contribution in [0.1, 0.15) is 12.1 Å². The summed E-state index contributed by atoms with van der Waals surface area (Å²) >= 11 is 7.93. The van der Waals surface area contributed by atoms with Crippen molar-refractivity contribution >= 4 is 51.3 Å². The van der Waals surface area contributed by atoms with Gasteiger partial charge in [0.25, 0.3) is 0 Å². The van der Waals surface area contributed by atoms with E-state index in [1.54, 1.807) is 23.7 Å². The fourth-order valence-electron chi connectivity index (χ4n) is 3.29. The molecule has 0 fully saturated rings. The number of aliphatic hydroxyl groups excluding tert-OH is 2. The van der Waals surface area contributed by atoms with Crippen LogP contribution < -0.4 is 20.1 Å². The predicted molar refractivity (Wildman–Crippen MR) is 137 cm³/mol. The topological polar surface area (TPSA) is 139 Å². The Morgan fingerprint density at radius 1 is 1.14 bits per heavy atom. The number of fused-ring (bicyclic) bond motifs is 1. The van der Waals surface area contributed by atoms with Crippen LogP contribution in [0.15, 0.2) is 53.6 Å². The summed E-state index contributed by atoms with van der Waals surface area (Å²) in [5.74, 6) is 1.02. The van der Waals surface area contributed by atoms with E-state index in [4.69, 9.17) is 26.2 Å². The molecule has 10 nitrogen and oxygen atoms in total. The van der Waals surface area contributed by atoms with Gasteiger partial charge in [-0.3, -0.25) is 4.79 Å². The first-order valence-corrected chi connectivity index (χ1v) is 12.4. The van der Waals surface area contributed by atoms with Crippen LogP contribution in [0.25, 0.3) is 10.9 Å². The molecule has 4 rings (SSSR count). The second-order valence-electron chi connectivity index (χ2n) is 7.58. The predicted octanol–water partition coefficient (Wildman–Crippen LogP) is 3.30. The molecular weight excluding hydrogens is 506 g/mol. The number of thiazole rings is 1. The van der Waals surface area contributed by atoms with Gasteiger partial charge in [0.15, 0.2) is 0 Å². The van der Waals surface area contributed by atoms with Crippen molar-refractivity contribution in [3.8, 4) is 11.5 Å². The number of carbonyl (C=O) groups is 1. The number of ether oxygens (including phenoxy) is 2. The maximum Gasteiger partial charge on any atom is 0.249 e. The van der Waals surface area contributed by atoms with Crippen LogP contribution in [0.5, 0.6) is 11.5 Å². The number of hydrogen-bond acceptors (Lipinski definition) is 10. The second kappa shape index (κ2) is 12.5. The van der Waals surface area contributed by atoms with Crippen LogP contribution in [0.3, 0.4) is 0 Å². The molecule has 0 aliphatic rings. The number of aromatic nitrogens is 3. The van der Waals surface area contributed by atoms with Gasteiger partial charge in [0.1, 0.15) is 43.0 Å². The normalized spacial score (nSPS) is 11.8. The molecule has 1 amide bonds. The smallest absolute Gasteiger partial charge is 0.249 e. The summed E-state index contributed by atoms with van der Waals surface area (Å²) in [4.78, 5) is 24.7. The zero-order chi connectivity index (χ0) is 25.3. The van der Waals surface area contributed by atoms with Crippen molar-refractivity contribution in [2.75, 3.05) is 25.1 Å². The number of amides is 1. The maximum absolute atomic E-state index is 11.8. The van der Waals surface area contributed by atoms with Gasteiger partial charge in [0, 0.05) is 24.1 Å². The second-order valence-corrected chi connectivity index (χ2v) is 8.70. The Bertz CT molecular complexity index is 1300. The zero-order valence-corrected chi connectivity index (χ0v) is 20.6. The molecule has 2 aromatic heterocycles. The molecule has 4 aromatic rings. The van der Waals surface area contributed by atoms with Gasteiger partial charge >= 0.3 is 0 Å². The van der Waals surface area contributed by atoms with Crippen LogP contribution in [-0.2, 0) is 11.4 Å². The molecule has 1 unspecified atom stereocenters. The Labute approximate surface area is 215 Å². The lowest BCUT2D eigenvalue weighted by atomic mass is 10.2. The maximum atomic E-state index is 11.8. The van der Waals surface area contributed by atoms with Gasteiger partial charge in [-0.05, 0) is 30.3 Å². The zero-order valence-electron chi connectivity index (χ0n) is 19.1. The number of carbonyl (C=O) groups excluding carboxylic acids is 1. The van der Waals surface area contributed by atoms with Crippen molar-refractivity contribution in [1.29, 1.82) is 0 Å². The molecule has 188 valence electrons. The Hall–Kier alpha value is -3.51. The van der Waals surface area contributed by atoms with Crippen molar-refractivity contribution in [2.24, 2.45) is 0 Å². The first-order chi connectivity index (χ1) is 17.5. The molecule has 0 aliphatic heterocycles. The fraction of sp³-hybridized carbons (Fsp3) is 0.250.